The van der Waals surface area contributed by atoms with Crippen molar-refractivity contribution in [1.29, 1.82) is 0 Å². The fourth-order valence-electron chi connectivity index (χ4n) is 1.52. The average molecular weight is 300 g/mol. The van der Waals surface area contributed by atoms with E-state index in [1.165, 1.54) is 0 Å². The number of halogens is 1. The number of nitrogens with one attached hydrogen (secondary N) is 1. The minimum Gasteiger partial charge on any atom is -0.409 e. The number of carbonyl (C=O) groups excluding carboxylic acids is 1. The second-order valence-corrected chi connectivity index (χ2v) is 4.52. The lowest BCUT2D eigenvalue weighted by Crippen LogP contribution is -2.20. The SMILES string of the molecule is CCCOCCC(=O)Nc1cc(Cl)ccc1C(N)=NO. The van der Waals surface area contributed by atoms with Gasteiger partial charge in [0.2, 0.25) is 5.91 Å². The average Bonchev–Trinajstić information content (AvgIpc) is 2.43. The molecule has 1 rings (SSSR count). The van der Waals surface area contributed by atoms with Crippen LogP contribution in [0.2, 0.25) is 5.02 Å². The van der Waals surface area contributed by atoms with Gasteiger partial charge in [-0.15, -0.1) is 0 Å². The van der Waals surface area contributed by atoms with Crippen molar-refractivity contribution < 1.29 is 14.7 Å². The highest BCUT2D eigenvalue weighted by Gasteiger charge is 2.11. The molecule has 0 spiro atoms. The van der Waals surface area contributed by atoms with Gasteiger partial charge in [0.15, 0.2) is 5.84 Å². The van der Waals surface area contributed by atoms with E-state index in [-0.39, 0.29) is 18.2 Å². The van der Waals surface area contributed by atoms with Gasteiger partial charge in [-0.25, -0.2) is 0 Å². The maximum absolute atomic E-state index is 11.8. The lowest BCUT2D eigenvalue weighted by Gasteiger charge is -2.10. The number of nitrogens with zero attached hydrogens (tertiary/aromatic N) is 1. The Kier molecular flexibility index (Phi) is 6.83. The Labute approximate surface area is 122 Å². The van der Waals surface area contributed by atoms with Crippen molar-refractivity contribution in [3.05, 3.63) is 28.8 Å². The first kappa shape index (κ1) is 16.3. The van der Waals surface area contributed by atoms with E-state index in [0.717, 1.165) is 6.42 Å². The summed E-state index contributed by atoms with van der Waals surface area (Å²) in [6.45, 7) is 2.97. The molecule has 6 nitrogen and oxygen atoms in total. The number of anilines is 1. The second-order valence-electron chi connectivity index (χ2n) is 4.09. The molecule has 0 unspecified atom stereocenters. The Balaban J connectivity index is 2.70. The Morgan fingerprint density at radius 3 is 2.90 bits per heavy atom. The van der Waals surface area contributed by atoms with Crippen molar-refractivity contribution in [1.82, 2.24) is 0 Å². The molecular formula is C13H18ClN3O3. The van der Waals surface area contributed by atoms with Crippen LogP contribution in [0.4, 0.5) is 5.69 Å². The number of oxime groups is 1. The van der Waals surface area contributed by atoms with Crippen molar-refractivity contribution >= 4 is 29.0 Å². The maximum atomic E-state index is 11.8. The molecule has 0 aromatic heterocycles. The van der Waals surface area contributed by atoms with Gasteiger partial charge in [0.1, 0.15) is 0 Å². The molecule has 0 saturated heterocycles. The molecule has 0 aliphatic rings. The first-order chi connectivity index (χ1) is 9.58. The first-order valence-electron chi connectivity index (χ1n) is 6.23. The van der Waals surface area contributed by atoms with Gasteiger partial charge in [0, 0.05) is 17.2 Å². The number of hydrogen-bond acceptors (Lipinski definition) is 4. The second kappa shape index (κ2) is 8.39. The van der Waals surface area contributed by atoms with E-state index in [2.05, 4.69) is 10.5 Å². The molecule has 20 heavy (non-hydrogen) atoms. The first-order valence-corrected chi connectivity index (χ1v) is 6.61. The molecule has 1 aromatic carbocycles. The molecule has 0 radical (unpaired) electrons. The number of carbonyl (C=O) groups is 1. The predicted octanol–water partition coefficient (Wildman–Crippen LogP) is 2.19. The van der Waals surface area contributed by atoms with Gasteiger partial charge >= 0.3 is 0 Å². The third kappa shape index (κ3) is 5.07. The summed E-state index contributed by atoms with van der Waals surface area (Å²) in [4.78, 5) is 11.8. The van der Waals surface area contributed by atoms with Crippen LogP contribution in [0.25, 0.3) is 0 Å². The number of benzene rings is 1. The van der Waals surface area contributed by atoms with Crippen LogP contribution in [0.1, 0.15) is 25.3 Å². The fraction of sp³-hybridized carbons (Fsp3) is 0.385. The van der Waals surface area contributed by atoms with Crippen molar-refractivity contribution in [2.24, 2.45) is 10.9 Å². The van der Waals surface area contributed by atoms with Gasteiger partial charge < -0.3 is 21.0 Å². The van der Waals surface area contributed by atoms with Crippen molar-refractivity contribution in [3.8, 4) is 0 Å². The summed E-state index contributed by atoms with van der Waals surface area (Å²) in [5, 5.41) is 14.7. The normalized spacial score (nSPS) is 11.4. The van der Waals surface area contributed by atoms with Gasteiger partial charge in [-0.05, 0) is 24.6 Å². The number of hydrogen-bond donors (Lipinski definition) is 3. The molecule has 7 heteroatoms. The van der Waals surface area contributed by atoms with Crippen LogP contribution in [0, 0.1) is 0 Å². The summed E-state index contributed by atoms with van der Waals surface area (Å²) in [6, 6.07) is 4.70. The van der Waals surface area contributed by atoms with Crippen LogP contribution in [0.3, 0.4) is 0 Å². The number of ether oxygens (including phenoxy) is 1. The van der Waals surface area contributed by atoms with E-state index in [0.29, 0.717) is 29.5 Å². The minimum absolute atomic E-state index is 0.0980. The Hall–Kier alpha value is -1.79. The van der Waals surface area contributed by atoms with Crippen LogP contribution in [-0.2, 0) is 9.53 Å². The zero-order chi connectivity index (χ0) is 15.0. The van der Waals surface area contributed by atoms with Crippen molar-refractivity contribution in [3.63, 3.8) is 0 Å². The van der Waals surface area contributed by atoms with Gasteiger partial charge in [-0.1, -0.05) is 23.7 Å². The minimum atomic E-state index is -0.227. The Bertz CT molecular complexity index is 492. The highest BCUT2D eigenvalue weighted by atomic mass is 35.5. The molecule has 0 atom stereocenters. The Morgan fingerprint density at radius 1 is 1.50 bits per heavy atom. The van der Waals surface area contributed by atoms with Crippen molar-refractivity contribution in [2.75, 3.05) is 18.5 Å². The van der Waals surface area contributed by atoms with Gasteiger partial charge in [0.25, 0.3) is 0 Å². The topological polar surface area (TPSA) is 96.9 Å². The van der Waals surface area contributed by atoms with Crippen LogP contribution < -0.4 is 11.1 Å². The van der Waals surface area contributed by atoms with Gasteiger partial charge in [0.05, 0.1) is 18.7 Å². The summed E-state index contributed by atoms with van der Waals surface area (Å²) in [5.41, 5.74) is 6.34. The quantitative estimate of drug-likeness (QED) is 0.236. The highest BCUT2D eigenvalue weighted by Crippen LogP contribution is 2.21. The van der Waals surface area contributed by atoms with Crippen LogP contribution in [0.15, 0.2) is 23.4 Å². The number of amidine groups is 1. The van der Waals surface area contributed by atoms with Gasteiger partial charge in [-0.3, -0.25) is 4.79 Å². The molecule has 1 amide bonds. The summed E-state index contributed by atoms with van der Waals surface area (Å²) < 4.78 is 5.24. The van der Waals surface area contributed by atoms with E-state index < -0.39 is 0 Å². The largest absolute Gasteiger partial charge is 0.409 e. The molecule has 0 saturated carbocycles. The van der Waals surface area contributed by atoms with Crippen LogP contribution in [0.5, 0.6) is 0 Å². The van der Waals surface area contributed by atoms with E-state index in [1.807, 2.05) is 6.92 Å². The smallest absolute Gasteiger partial charge is 0.226 e. The monoisotopic (exact) mass is 299 g/mol. The lowest BCUT2D eigenvalue weighted by molar-refractivity contribution is -0.117. The highest BCUT2D eigenvalue weighted by molar-refractivity contribution is 6.31. The van der Waals surface area contributed by atoms with E-state index in [4.69, 9.17) is 27.3 Å². The standard InChI is InChI=1S/C13H18ClN3O3/c1-2-6-20-7-5-12(18)16-11-8-9(14)3-4-10(11)13(15)17-19/h3-4,8,19H,2,5-7H2,1H3,(H2,15,17)(H,16,18). The lowest BCUT2D eigenvalue weighted by atomic mass is 10.1. The summed E-state index contributed by atoms with van der Waals surface area (Å²) in [6.07, 6.45) is 1.13. The van der Waals surface area contributed by atoms with Crippen LogP contribution >= 0.6 is 11.6 Å². The van der Waals surface area contributed by atoms with Crippen LogP contribution in [-0.4, -0.2) is 30.2 Å². The molecule has 0 heterocycles. The zero-order valence-corrected chi connectivity index (χ0v) is 12.0. The summed E-state index contributed by atoms with van der Waals surface area (Å²) >= 11 is 5.87. The van der Waals surface area contributed by atoms with E-state index in [9.17, 15) is 4.79 Å². The molecule has 0 aliphatic carbocycles. The number of nitrogens with two attached hydrogens (primary N) is 1. The predicted molar refractivity (Wildman–Crippen MR) is 78.3 cm³/mol. The number of rotatable bonds is 7. The third-order valence-electron chi connectivity index (χ3n) is 2.46. The van der Waals surface area contributed by atoms with E-state index >= 15 is 0 Å². The van der Waals surface area contributed by atoms with E-state index in [1.54, 1.807) is 18.2 Å². The maximum Gasteiger partial charge on any atom is 0.226 e. The Morgan fingerprint density at radius 2 is 2.25 bits per heavy atom. The molecule has 4 N–H and O–H groups in total. The fourth-order valence-corrected chi connectivity index (χ4v) is 1.69. The molecule has 110 valence electrons. The van der Waals surface area contributed by atoms with Crippen molar-refractivity contribution in [2.45, 2.75) is 19.8 Å². The molecule has 1 aromatic rings. The third-order valence-corrected chi connectivity index (χ3v) is 2.70. The molecular weight excluding hydrogens is 282 g/mol. The van der Waals surface area contributed by atoms with Gasteiger partial charge in [-0.2, -0.15) is 0 Å². The molecule has 0 bridgehead atoms. The molecule has 0 aliphatic heterocycles. The summed E-state index contributed by atoms with van der Waals surface area (Å²) in [5.74, 6) is -0.324. The molecule has 0 fully saturated rings. The summed E-state index contributed by atoms with van der Waals surface area (Å²) in [7, 11) is 0. The number of amides is 1. The zero-order valence-electron chi connectivity index (χ0n) is 11.2.